The maximum atomic E-state index is 12.3. The Labute approximate surface area is 128 Å². The van der Waals surface area contributed by atoms with E-state index in [4.69, 9.17) is 0 Å². The fraction of sp³-hybridized carbons (Fsp3) is 0.375. The number of nitrogens with zero attached hydrogens (tertiary/aromatic N) is 1. The van der Waals surface area contributed by atoms with Crippen molar-refractivity contribution in [3.63, 3.8) is 0 Å². The van der Waals surface area contributed by atoms with Crippen molar-refractivity contribution >= 4 is 28.3 Å². The van der Waals surface area contributed by atoms with Crippen LogP contribution in [0.4, 0.5) is 10.1 Å². The molecule has 0 amide bonds. The van der Waals surface area contributed by atoms with Gasteiger partial charge in [-0.3, -0.25) is 0 Å². The van der Waals surface area contributed by atoms with Gasteiger partial charge in [0.1, 0.15) is 6.67 Å². The van der Waals surface area contributed by atoms with E-state index in [1.54, 1.807) is 0 Å². The molecule has 2 rings (SSSR count). The minimum atomic E-state index is -0.318. The lowest BCUT2D eigenvalue weighted by molar-refractivity contribution is 0.497. The van der Waals surface area contributed by atoms with Crippen LogP contribution in [0.15, 0.2) is 46.1 Å². The summed E-state index contributed by atoms with van der Waals surface area (Å²) in [4.78, 5) is 1.94. The summed E-state index contributed by atoms with van der Waals surface area (Å²) in [6.45, 7) is 2.38. The van der Waals surface area contributed by atoms with Gasteiger partial charge in [-0.25, -0.2) is 4.39 Å². The lowest BCUT2D eigenvalue weighted by Crippen LogP contribution is -2.22. The van der Waals surface area contributed by atoms with Gasteiger partial charge in [0.2, 0.25) is 0 Å². The first kappa shape index (κ1) is 14.6. The average Bonchev–Trinajstić information content (AvgIpc) is 2.43. The van der Waals surface area contributed by atoms with Crippen LogP contribution >= 0.6 is 22.6 Å². The third-order valence-corrected chi connectivity index (χ3v) is 4.52. The molecule has 1 atom stereocenters. The summed E-state index contributed by atoms with van der Waals surface area (Å²) in [6, 6.07) is 8.46. The van der Waals surface area contributed by atoms with Crippen LogP contribution in [0.3, 0.4) is 0 Å². The van der Waals surface area contributed by atoms with Crippen LogP contribution in [0.1, 0.15) is 18.9 Å². The van der Waals surface area contributed by atoms with Crippen molar-refractivity contribution in [1.82, 2.24) is 0 Å². The summed E-state index contributed by atoms with van der Waals surface area (Å²) in [6.07, 6.45) is 7.74. The second-order valence-electron chi connectivity index (χ2n) is 5.20. The number of halogens is 2. The highest BCUT2D eigenvalue weighted by Crippen LogP contribution is 2.35. The van der Waals surface area contributed by atoms with Gasteiger partial charge in [0.15, 0.2) is 0 Å². The third kappa shape index (κ3) is 3.38. The smallest absolute Gasteiger partial charge is 0.107 e. The standard InChI is InChI=1S/C16H19FIN/c1-16(9-7-14(18)8-10-16)13-3-5-15(6-4-13)19(2)12-11-17/h3-9H,10-12H2,1-2H3. The van der Waals surface area contributed by atoms with Gasteiger partial charge in [-0.2, -0.15) is 0 Å². The Morgan fingerprint density at radius 2 is 2.00 bits per heavy atom. The topological polar surface area (TPSA) is 3.24 Å². The van der Waals surface area contributed by atoms with Gasteiger partial charge in [-0.05, 0) is 46.7 Å². The van der Waals surface area contributed by atoms with Crippen LogP contribution in [0.25, 0.3) is 0 Å². The van der Waals surface area contributed by atoms with Gasteiger partial charge in [0.25, 0.3) is 0 Å². The number of anilines is 1. The first-order chi connectivity index (χ1) is 9.05. The van der Waals surface area contributed by atoms with Crippen LogP contribution in [0.2, 0.25) is 0 Å². The van der Waals surface area contributed by atoms with E-state index >= 15 is 0 Å². The molecule has 1 aromatic rings. The zero-order valence-electron chi connectivity index (χ0n) is 11.4. The van der Waals surface area contributed by atoms with E-state index in [-0.39, 0.29) is 12.1 Å². The number of allylic oxidation sites excluding steroid dienone is 4. The fourth-order valence-electron chi connectivity index (χ4n) is 2.28. The van der Waals surface area contributed by atoms with Crippen LogP contribution in [-0.4, -0.2) is 20.3 Å². The summed E-state index contributed by atoms with van der Waals surface area (Å²) < 4.78 is 13.6. The molecule has 0 saturated carbocycles. The first-order valence-corrected chi connectivity index (χ1v) is 7.55. The molecule has 19 heavy (non-hydrogen) atoms. The molecule has 1 aromatic carbocycles. The Morgan fingerprint density at radius 1 is 1.32 bits per heavy atom. The molecule has 0 heterocycles. The molecule has 102 valence electrons. The Kier molecular flexibility index (Phi) is 4.66. The Morgan fingerprint density at radius 3 is 2.53 bits per heavy atom. The molecule has 0 bridgehead atoms. The van der Waals surface area contributed by atoms with E-state index in [0.29, 0.717) is 6.54 Å². The van der Waals surface area contributed by atoms with Crippen molar-refractivity contribution in [2.24, 2.45) is 0 Å². The molecule has 0 aliphatic heterocycles. The van der Waals surface area contributed by atoms with Crippen molar-refractivity contribution in [1.29, 1.82) is 0 Å². The predicted octanol–water partition coefficient (Wildman–Crippen LogP) is 4.63. The van der Waals surface area contributed by atoms with Crippen molar-refractivity contribution in [2.45, 2.75) is 18.8 Å². The molecule has 3 heteroatoms. The quantitative estimate of drug-likeness (QED) is 0.698. The van der Waals surface area contributed by atoms with Crippen LogP contribution in [0.5, 0.6) is 0 Å². The molecule has 1 nitrogen and oxygen atoms in total. The van der Waals surface area contributed by atoms with Gasteiger partial charge in [-0.15, -0.1) is 0 Å². The molecule has 0 radical (unpaired) electrons. The van der Waals surface area contributed by atoms with Crippen molar-refractivity contribution < 1.29 is 4.39 Å². The Balaban J connectivity index is 2.17. The van der Waals surface area contributed by atoms with Crippen LogP contribution in [-0.2, 0) is 5.41 Å². The summed E-state index contributed by atoms with van der Waals surface area (Å²) in [5.41, 5.74) is 2.45. The van der Waals surface area contributed by atoms with E-state index in [1.807, 2.05) is 11.9 Å². The highest BCUT2D eigenvalue weighted by molar-refractivity contribution is 14.1. The van der Waals surface area contributed by atoms with E-state index in [1.165, 1.54) is 9.14 Å². The van der Waals surface area contributed by atoms with Gasteiger partial charge < -0.3 is 4.90 Å². The lowest BCUT2D eigenvalue weighted by atomic mass is 9.77. The number of alkyl halides is 1. The molecule has 1 aliphatic rings. The molecule has 0 aromatic heterocycles. The van der Waals surface area contributed by atoms with E-state index in [9.17, 15) is 4.39 Å². The average molecular weight is 371 g/mol. The largest absolute Gasteiger partial charge is 0.372 e. The molecular formula is C16H19FIN. The lowest BCUT2D eigenvalue weighted by Gasteiger charge is -2.28. The van der Waals surface area contributed by atoms with Crippen molar-refractivity contribution in [3.05, 3.63) is 51.6 Å². The second kappa shape index (κ2) is 6.07. The third-order valence-electron chi connectivity index (χ3n) is 3.72. The van der Waals surface area contributed by atoms with E-state index in [2.05, 4.69) is 72.0 Å². The molecule has 0 fully saturated rings. The van der Waals surface area contributed by atoms with Gasteiger partial charge >= 0.3 is 0 Å². The number of rotatable bonds is 4. The molecule has 0 saturated heterocycles. The van der Waals surface area contributed by atoms with Crippen LogP contribution < -0.4 is 4.90 Å². The summed E-state index contributed by atoms with van der Waals surface area (Å²) in [5, 5.41) is 0. The molecule has 0 N–H and O–H groups in total. The van der Waals surface area contributed by atoms with Gasteiger partial charge in [-0.1, -0.05) is 37.3 Å². The van der Waals surface area contributed by atoms with Crippen molar-refractivity contribution in [3.8, 4) is 0 Å². The number of benzene rings is 1. The van der Waals surface area contributed by atoms with Crippen molar-refractivity contribution in [2.75, 3.05) is 25.2 Å². The highest BCUT2D eigenvalue weighted by Gasteiger charge is 2.24. The Bertz CT molecular complexity index is 492. The summed E-state index contributed by atoms with van der Waals surface area (Å²) in [7, 11) is 1.92. The number of hydrogen-bond acceptors (Lipinski definition) is 1. The number of hydrogen-bond donors (Lipinski definition) is 0. The predicted molar refractivity (Wildman–Crippen MR) is 88.9 cm³/mol. The Hall–Kier alpha value is -0.840. The highest BCUT2D eigenvalue weighted by atomic mass is 127. The van der Waals surface area contributed by atoms with E-state index in [0.717, 1.165) is 12.1 Å². The minimum absolute atomic E-state index is 0.0753. The molecule has 1 aliphatic carbocycles. The van der Waals surface area contributed by atoms with Gasteiger partial charge in [0, 0.05) is 28.3 Å². The van der Waals surface area contributed by atoms with Crippen LogP contribution in [0, 0.1) is 0 Å². The maximum absolute atomic E-state index is 12.3. The summed E-state index contributed by atoms with van der Waals surface area (Å²) >= 11 is 2.35. The molecule has 0 spiro atoms. The van der Waals surface area contributed by atoms with E-state index < -0.39 is 0 Å². The zero-order chi connectivity index (χ0) is 13.9. The van der Waals surface area contributed by atoms with Gasteiger partial charge in [0.05, 0.1) is 0 Å². The monoisotopic (exact) mass is 371 g/mol. The normalized spacial score (nSPS) is 22.2. The SMILES string of the molecule is CN(CCF)c1ccc(C2(C)C=CC(I)=CC2)cc1. The molecular weight excluding hydrogens is 352 g/mol. The second-order valence-corrected chi connectivity index (χ2v) is 6.45. The minimum Gasteiger partial charge on any atom is -0.372 e. The molecule has 1 unspecified atom stereocenters. The first-order valence-electron chi connectivity index (χ1n) is 6.48. The maximum Gasteiger partial charge on any atom is 0.107 e. The fourth-order valence-corrected chi connectivity index (χ4v) is 2.68. The summed E-state index contributed by atoms with van der Waals surface area (Å²) in [5.74, 6) is 0. The zero-order valence-corrected chi connectivity index (χ0v) is 13.5.